The molecule has 1 aromatic heterocycles. The number of ether oxygens (including phenoxy) is 1. The molecule has 4 aromatic rings. The zero-order chi connectivity index (χ0) is 30.0. The van der Waals surface area contributed by atoms with Gasteiger partial charge in [0.05, 0.1) is 21.7 Å². The Morgan fingerprint density at radius 2 is 1.60 bits per heavy atom. The van der Waals surface area contributed by atoms with Crippen LogP contribution in [0.1, 0.15) is 34.6 Å². The summed E-state index contributed by atoms with van der Waals surface area (Å²) in [6.07, 6.45) is -3.88. The Labute approximate surface area is 249 Å². The number of carboxylic acids is 1. The van der Waals surface area contributed by atoms with Crippen molar-refractivity contribution in [3.63, 3.8) is 0 Å². The Bertz CT molecular complexity index is 1590. The van der Waals surface area contributed by atoms with Crippen molar-refractivity contribution >= 4 is 35.1 Å². The summed E-state index contributed by atoms with van der Waals surface area (Å²) in [6.45, 7) is 0.470. The first-order chi connectivity index (χ1) is 20.0. The Hall–Kier alpha value is -4.02. The number of aromatic nitrogens is 2. The van der Waals surface area contributed by atoms with Crippen molar-refractivity contribution in [2.75, 3.05) is 13.1 Å². The Morgan fingerprint density at radius 1 is 0.952 bits per heavy atom. The summed E-state index contributed by atoms with van der Waals surface area (Å²) < 4.78 is 47.3. The maximum absolute atomic E-state index is 13.5. The van der Waals surface area contributed by atoms with E-state index < -0.39 is 23.8 Å². The Morgan fingerprint density at radius 3 is 2.21 bits per heavy atom. The summed E-state index contributed by atoms with van der Waals surface area (Å²) in [4.78, 5) is 26.2. The number of aliphatic carboxylic acids is 1. The molecule has 7 nitrogen and oxygen atoms in total. The summed E-state index contributed by atoms with van der Waals surface area (Å²) in [5, 5.41) is 13.2. The molecule has 0 aliphatic carbocycles. The van der Waals surface area contributed by atoms with E-state index in [1.54, 1.807) is 47.4 Å². The number of carbonyl (C=O) groups excluding carboxylic acids is 1. The summed E-state index contributed by atoms with van der Waals surface area (Å²) in [7, 11) is 0. The Balaban J connectivity index is 1.34. The van der Waals surface area contributed by atoms with Crippen LogP contribution < -0.4 is 4.74 Å². The number of likely N-dealkylation sites (tertiary alicyclic amines) is 1. The van der Waals surface area contributed by atoms with Crippen molar-refractivity contribution < 1.29 is 32.6 Å². The number of hydrogen-bond acceptors (Lipinski definition) is 4. The molecule has 0 spiro atoms. The lowest BCUT2D eigenvalue weighted by atomic mass is 9.95. The molecule has 1 aliphatic heterocycles. The van der Waals surface area contributed by atoms with Crippen LogP contribution in [-0.2, 0) is 17.6 Å². The average molecular weight is 618 g/mol. The fourth-order valence-electron chi connectivity index (χ4n) is 4.86. The molecule has 3 aromatic carbocycles. The van der Waals surface area contributed by atoms with E-state index in [-0.39, 0.29) is 33.9 Å². The molecule has 0 bridgehead atoms. The largest absolute Gasteiger partial charge is 0.487 e. The number of benzene rings is 3. The van der Waals surface area contributed by atoms with Gasteiger partial charge in [-0.15, -0.1) is 0 Å². The highest BCUT2D eigenvalue weighted by molar-refractivity contribution is 6.37. The third-order valence-electron chi connectivity index (χ3n) is 7.06. The van der Waals surface area contributed by atoms with Crippen molar-refractivity contribution in [3.05, 3.63) is 99.8 Å². The van der Waals surface area contributed by atoms with Crippen molar-refractivity contribution in [2.24, 2.45) is 5.92 Å². The molecule has 2 heterocycles. The number of hydrogen-bond donors (Lipinski definition) is 1. The van der Waals surface area contributed by atoms with Gasteiger partial charge in [0.1, 0.15) is 18.0 Å². The maximum Gasteiger partial charge on any atom is 0.435 e. The first-order valence-electron chi connectivity index (χ1n) is 13.0. The van der Waals surface area contributed by atoms with Crippen LogP contribution in [0.2, 0.25) is 10.0 Å². The number of piperidine rings is 1. The van der Waals surface area contributed by atoms with Gasteiger partial charge in [-0.2, -0.15) is 18.3 Å². The molecule has 12 heteroatoms. The topological polar surface area (TPSA) is 84.7 Å². The molecule has 1 fully saturated rings. The summed E-state index contributed by atoms with van der Waals surface area (Å²) in [5.74, 6) is -1.09. The molecule has 0 atom stereocenters. The Kier molecular flexibility index (Phi) is 8.47. The molecule has 218 valence electrons. The molecular formula is C30H24Cl2F3N3O4. The third-order valence-corrected chi connectivity index (χ3v) is 7.67. The van der Waals surface area contributed by atoms with Crippen LogP contribution in [0.3, 0.4) is 0 Å². The fourth-order valence-corrected chi connectivity index (χ4v) is 5.41. The minimum atomic E-state index is -4.69. The predicted molar refractivity (Wildman–Crippen MR) is 151 cm³/mol. The fraction of sp³-hybridized carbons (Fsp3) is 0.233. The van der Waals surface area contributed by atoms with E-state index in [1.807, 2.05) is 12.1 Å². The first kappa shape index (κ1) is 29.5. The van der Waals surface area contributed by atoms with E-state index in [1.165, 1.54) is 12.1 Å². The molecule has 0 saturated carbocycles. The van der Waals surface area contributed by atoms with Gasteiger partial charge in [0.15, 0.2) is 5.69 Å². The number of halogens is 5. The van der Waals surface area contributed by atoms with Gasteiger partial charge in [-0.25, -0.2) is 4.68 Å². The maximum atomic E-state index is 13.5. The van der Waals surface area contributed by atoms with E-state index >= 15 is 0 Å². The molecule has 1 aliphatic rings. The number of alkyl halides is 3. The smallest absolute Gasteiger partial charge is 0.435 e. The zero-order valence-corrected chi connectivity index (χ0v) is 23.5. The lowest BCUT2D eigenvalue weighted by Crippen LogP contribution is -2.40. The van der Waals surface area contributed by atoms with Crippen molar-refractivity contribution in [2.45, 2.75) is 25.6 Å². The number of carbonyl (C=O) groups is 2. The average Bonchev–Trinajstić information content (AvgIpc) is 3.40. The second-order valence-corrected chi connectivity index (χ2v) is 10.6. The quantitative estimate of drug-likeness (QED) is 0.234. The highest BCUT2D eigenvalue weighted by Crippen LogP contribution is 2.34. The van der Waals surface area contributed by atoms with E-state index in [9.17, 15) is 27.9 Å². The van der Waals surface area contributed by atoms with Crippen LogP contribution >= 0.6 is 23.2 Å². The lowest BCUT2D eigenvalue weighted by molar-refractivity contribution is -0.143. The molecule has 1 saturated heterocycles. The highest BCUT2D eigenvalue weighted by atomic mass is 35.5. The van der Waals surface area contributed by atoms with Crippen LogP contribution in [0.15, 0.2) is 72.8 Å². The lowest BCUT2D eigenvalue weighted by Gasteiger charge is -2.30. The third kappa shape index (κ3) is 6.24. The van der Waals surface area contributed by atoms with Crippen molar-refractivity contribution in [3.8, 4) is 22.6 Å². The van der Waals surface area contributed by atoms with Crippen molar-refractivity contribution in [1.82, 2.24) is 14.7 Å². The van der Waals surface area contributed by atoms with Crippen LogP contribution in [0.25, 0.3) is 16.8 Å². The minimum absolute atomic E-state index is 0.0870. The van der Waals surface area contributed by atoms with E-state index in [0.717, 1.165) is 16.3 Å². The summed E-state index contributed by atoms with van der Waals surface area (Å²) in [5.41, 5.74) is 0.999. The number of nitrogens with zero attached hydrogens (tertiary/aromatic N) is 3. The van der Waals surface area contributed by atoms with Gasteiger partial charge in [-0.1, -0.05) is 59.6 Å². The van der Waals surface area contributed by atoms with Gasteiger partial charge in [0.25, 0.3) is 5.91 Å². The molecule has 1 N–H and O–H groups in total. The summed E-state index contributed by atoms with van der Waals surface area (Å²) in [6, 6.07) is 19.4. The second-order valence-electron chi connectivity index (χ2n) is 9.76. The molecular weight excluding hydrogens is 594 g/mol. The molecule has 0 unspecified atom stereocenters. The molecule has 1 amide bonds. The van der Waals surface area contributed by atoms with Gasteiger partial charge in [0, 0.05) is 18.7 Å². The SMILES string of the molecule is O=C(O)C1CCN(C(=O)c2ccccc2-c2ccc(OCc3cc(C(F)(F)F)nn3-c3c(Cl)cccc3Cl)cc2)CC1. The van der Waals surface area contributed by atoms with Crippen LogP contribution in [0.4, 0.5) is 13.2 Å². The van der Waals surface area contributed by atoms with E-state index in [2.05, 4.69) is 5.10 Å². The van der Waals surface area contributed by atoms with Gasteiger partial charge in [0.2, 0.25) is 0 Å². The molecule has 0 radical (unpaired) electrons. The van der Waals surface area contributed by atoms with Crippen molar-refractivity contribution in [1.29, 1.82) is 0 Å². The first-order valence-corrected chi connectivity index (χ1v) is 13.7. The van der Waals surface area contributed by atoms with Gasteiger partial charge in [-0.05, 0) is 60.4 Å². The standard InChI is InChI=1S/C30H24Cl2F3N3O4/c31-24-6-3-7-25(32)27(24)38-20(16-26(36-38)30(33,34)35)17-42-21-10-8-18(9-11-21)22-4-1-2-5-23(22)28(39)37-14-12-19(13-15-37)29(40)41/h1-11,16,19H,12-15,17H2,(H,40,41). The van der Waals surface area contributed by atoms with Crippen LogP contribution in [-0.4, -0.2) is 44.8 Å². The highest BCUT2D eigenvalue weighted by Gasteiger charge is 2.35. The van der Waals surface area contributed by atoms with Crippen LogP contribution in [0.5, 0.6) is 5.75 Å². The van der Waals surface area contributed by atoms with Gasteiger partial charge in [-0.3, -0.25) is 9.59 Å². The van der Waals surface area contributed by atoms with E-state index in [4.69, 9.17) is 27.9 Å². The van der Waals surface area contributed by atoms with Gasteiger partial charge < -0.3 is 14.7 Å². The zero-order valence-electron chi connectivity index (χ0n) is 21.9. The van der Waals surface area contributed by atoms with Gasteiger partial charge >= 0.3 is 12.1 Å². The molecule has 5 rings (SSSR count). The van der Waals surface area contributed by atoms with E-state index in [0.29, 0.717) is 42.8 Å². The minimum Gasteiger partial charge on any atom is -0.487 e. The predicted octanol–water partition coefficient (Wildman–Crippen LogP) is 7.38. The summed E-state index contributed by atoms with van der Waals surface area (Å²) >= 11 is 12.5. The number of carboxylic acid groups (broad SMARTS) is 1. The van der Waals surface area contributed by atoms with Crippen LogP contribution in [0, 0.1) is 5.92 Å². The number of amides is 1. The second kappa shape index (κ2) is 12.1. The monoisotopic (exact) mass is 617 g/mol. The number of para-hydroxylation sites is 1. The number of rotatable bonds is 7. The molecule has 42 heavy (non-hydrogen) atoms. The normalized spacial score (nSPS) is 14.2.